The topological polar surface area (TPSA) is 79.5 Å². The fraction of sp³-hybridized carbons (Fsp3) is 0.529. The van der Waals surface area contributed by atoms with Crippen LogP contribution in [0.2, 0.25) is 5.02 Å². The highest BCUT2D eigenvalue weighted by atomic mass is 35.5. The van der Waals surface area contributed by atoms with E-state index in [0.29, 0.717) is 44.4 Å². The van der Waals surface area contributed by atoms with Crippen molar-refractivity contribution in [1.82, 2.24) is 19.3 Å². The lowest BCUT2D eigenvalue weighted by Gasteiger charge is -2.33. The van der Waals surface area contributed by atoms with E-state index in [1.165, 1.54) is 10.4 Å². The van der Waals surface area contributed by atoms with Gasteiger partial charge in [0.05, 0.1) is 16.5 Å². The third-order valence-corrected chi connectivity index (χ3v) is 6.52. The van der Waals surface area contributed by atoms with Crippen molar-refractivity contribution in [3.63, 3.8) is 0 Å². The molecule has 0 radical (unpaired) electrons. The normalized spacial score (nSPS) is 17.4. The Kier molecular flexibility index (Phi) is 5.58. The fourth-order valence-corrected chi connectivity index (χ4v) is 4.43. The molecule has 27 heavy (non-hydrogen) atoms. The van der Waals surface area contributed by atoms with Gasteiger partial charge in [0.15, 0.2) is 5.82 Å². The first-order valence-corrected chi connectivity index (χ1v) is 10.4. The van der Waals surface area contributed by atoms with Crippen molar-refractivity contribution in [2.45, 2.75) is 37.6 Å². The Labute approximate surface area is 163 Å². The number of aromatic nitrogens is 2. The van der Waals surface area contributed by atoms with E-state index in [-0.39, 0.29) is 15.3 Å². The Morgan fingerprint density at radius 3 is 2.44 bits per heavy atom. The molecule has 2 heterocycles. The summed E-state index contributed by atoms with van der Waals surface area (Å²) in [7, 11) is -3.71. The van der Waals surface area contributed by atoms with Crippen LogP contribution in [0.15, 0.2) is 27.6 Å². The molecule has 0 amide bonds. The molecule has 2 aromatic rings. The molecule has 7 nitrogen and oxygen atoms in total. The van der Waals surface area contributed by atoms with E-state index in [1.54, 1.807) is 0 Å². The maximum Gasteiger partial charge on any atom is 0.243 e. The molecule has 0 aliphatic carbocycles. The molecule has 10 heteroatoms. The predicted molar refractivity (Wildman–Crippen MR) is 98.4 cm³/mol. The van der Waals surface area contributed by atoms with E-state index in [1.807, 2.05) is 20.8 Å². The van der Waals surface area contributed by atoms with Crippen molar-refractivity contribution in [3.05, 3.63) is 40.8 Å². The molecule has 1 aromatic carbocycles. The van der Waals surface area contributed by atoms with Gasteiger partial charge < -0.3 is 4.52 Å². The van der Waals surface area contributed by atoms with Crippen molar-refractivity contribution in [2.75, 3.05) is 26.2 Å². The highest BCUT2D eigenvalue weighted by molar-refractivity contribution is 7.89. The number of nitrogens with zero attached hydrogens (tertiary/aromatic N) is 4. The van der Waals surface area contributed by atoms with Gasteiger partial charge in [0.1, 0.15) is 5.82 Å². The molecule has 3 rings (SSSR count). The van der Waals surface area contributed by atoms with Gasteiger partial charge in [-0.15, -0.1) is 0 Å². The largest absolute Gasteiger partial charge is 0.339 e. The van der Waals surface area contributed by atoms with Gasteiger partial charge in [0.2, 0.25) is 15.9 Å². The summed E-state index contributed by atoms with van der Waals surface area (Å²) in [6, 6.07) is 3.44. The maximum absolute atomic E-state index is 13.3. The van der Waals surface area contributed by atoms with Crippen LogP contribution in [0.4, 0.5) is 4.39 Å². The highest BCUT2D eigenvalue weighted by Gasteiger charge is 2.30. The van der Waals surface area contributed by atoms with Gasteiger partial charge in [0.25, 0.3) is 0 Å². The van der Waals surface area contributed by atoms with Crippen LogP contribution in [0.5, 0.6) is 0 Å². The van der Waals surface area contributed by atoms with Gasteiger partial charge in [-0.2, -0.15) is 9.29 Å². The zero-order valence-electron chi connectivity index (χ0n) is 15.4. The van der Waals surface area contributed by atoms with E-state index in [2.05, 4.69) is 15.0 Å². The molecule has 0 bridgehead atoms. The van der Waals surface area contributed by atoms with Crippen LogP contribution >= 0.6 is 11.6 Å². The van der Waals surface area contributed by atoms with Crippen molar-refractivity contribution in [2.24, 2.45) is 0 Å². The number of benzene rings is 1. The molecule has 1 aliphatic rings. The Morgan fingerprint density at radius 2 is 1.89 bits per heavy atom. The summed E-state index contributed by atoms with van der Waals surface area (Å²) in [5.41, 5.74) is -0.214. The zero-order chi connectivity index (χ0) is 19.8. The number of piperazine rings is 1. The molecule has 0 saturated carbocycles. The molecule has 1 aromatic heterocycles. The molecule has 148 valence electrons. The second kappa shape index (κ2) is 7.46. The molecule has 1 fully saturated rings. The number of rotatable bonds is 4. The van der Waals surface area contributed by atoms with Crippen LogP contribution < -0.4 is 0 Å². The van der Waals surface area contributed by atoms with Crippen molar-refractivity contribution < 1.29 is 17.3 Å². The van der Waals surface area contributed by atoms with Gasteiger partial charge in [-0.1, -0.05) is 37.5 Å². The summed E-state index contributed by atoms with van der Waals surface area (Å²) >= 11 is 5.72. The van der Waals surface area contributed by atoms with Gasteiger partial charge in [0, 0.05) is 31.6 Å². The van der Waals surface area contributed by atoms with Gasteiger partial charge in [-0.05, 0) is 18.2 Å². The Balaban J connectivity index is 1.63. The lowest BCUT2D eigenvalue weighted by molar-refractivity contribution is 0.176. The van der Waals surface area contributed by atoms with E-state index in [0.717, 1.165) is 12.1 Å². The van der Waals surface area contributed by atoms with Crippen molar-refractivity contribution in [1.29, 1.82) is 0 Å². The van der Waals surface area contributed by atoms with Crippen LogP contribution in [-0.4, -0.2) is 53.9 Å². The third kappa shape index (κ3) is 4.48. The fourth-order valence-electron chi connectivity index (χ4n) is 2.74. The Hall–Kier alpha value is -1.55. The van der Waals surface area contributed by atoms with Crippen LogP contribution in [0.3, 0.4) is 0 Å². The van der Waals surface area contributed by atoms with Gasteiger partial charge >= 0.3 is 0 Å². The summed E-state index contributed by atoms with van der Waals surface area (Å²) < 4.78 is 45.4. The monoisotopic (exact) mass is 416 g/mol. The molecule has 0 N–H and O–H groups in total. The molecule has 0 unspecified atom stereocenters. The lowest BCUT2D eigenvalue weighted by atomic mass is 9.97. The molecular formula is C17H22ClFN4O3S. The van der Waals surface area contributed by atoms with Gasteiger partial charge in [-0.25, -0.2) is 12.8 Å². The zero-order valence-corrected chi connectivity index (χ0v) is 17.0. The lowest BCUT2D eigenvalue weighted by Crippen LogP contribution is -2.48. The standard InChI is InChI=1S/C17H22ClFN4O3S/c1-17(2,3)16-20-15(21-26-16)11-22-6-8-23(9-7-22)27(24,25)12-4-5-14(19)13(18)10-12/h4-5,10H,6-9,11H2,1-3H3. The first-order chi connectivity index (χ1) is 12.6. The SMILES string of the molecule is CC(C)(C)c1nc(CN2CCN(S(=O)(=O)c3ccc(F)c(Cl)c3)CC2)no1. The average molecular weight is 417 g/mol. The van der Waals surface area contributed by atoms with Crippen LogP contribution in [0.25, 0.3) is 0 Å². The van der Waals surface area contributed by atoms with E-state index >= 15 is 0 Å². The first kappa shape index (κ1) is 20.2. The second-order valence-corrected chi connectivity index (χ2v) is 9.87. The predicted octanol–water partition coefficient (Wildman–Crippen LogP) is 2.67. The Bertz CT molecular complexity index is 919. The summed E-state index contributed by atoms with van der Waals surface area (Å²) in [5.74, 6) is 0.517. The van der Waals surface area contributed by atoms with Gasteiger partial charge in [-0.3, -0.25) is 4.90 Å². The number of hydrogen-bond donors (Lipinski definition) is 0. The minimum atomic E-state index is -3.71. The van der Waals surface area contributed by atoms with Crippen LogP contribution in [0, 0.1) is 5.82 Å². The van der Waals surface area contributed by atoms with Crippen LogP contribution in [-0.2, 0) is 22.0 Å². The summed E-state index contributed by atoms with van der Waals surface area (Å²) in [6.07, 6.45) is 0. The molecule has 1 saturated heterocycles. The van der Waals surface area contributed by atoms with E-state index in [4.69, 9.17) is 16.1 Å². The maximum atomic E-state index is 13.3. The molecule has 0 atom stereocenters. The number of hydrogen-bond acceptors (Lipinski definition) is 6. The summed E-state index contributed by atoms with van der Waals surface area (Å²) in [6.45, 7) is 8.19. The Morgan fingerprint density at radius 1 is 1.22 bits per heavy atom. The summed E-state index contributed by atoms with van der Waals surface area (Å²) in [5, 5.41) is 3.79. The second-order valence-electron chi connectivity index (χ2n) is 7.52. The smallest absolute Gasteiger partial charge is 0.243 e. The van der Waals surface area contributed by atoms with Crippen molar-refractivity contribution in [3.8, 4) is 0 Å². The number of halogens is 2. The van der Waals surface area contributed by atoms with E-state index in [9.17, 15) is 12.8 Å². The molecular weight excluding hydrogens is 395 g/mol. The number of sulfonamides is 1. The average Bonchev–Trinajstić information content (AvgIpc) is 3.06. The first-order valence-electron chi connectivity index (χ1n) is 8.58. The minimum Gasteiger partial charge on any atom is -0.339 e. The third-order valence-electron chi connectivity index (χ3n) is 4.33. The summed E-state index contributed by atoms with van der Waals surface area (Å²) in [4.78, 5) is 6.47. The minimum absolute atomic E-state index is 0.00432. The molecule has 0 spiro atoms. The van der Waals surface area contributed by atoms with E-state index < -0.39 is 15.8 Å². The van der Waals surface area contributed by atoms with Crippen molar-refractivity contribution >= 4 is 21.6 Å². The van der Waals surface area contributed by atoms with Crippen LogP contribution in [0.1, 0.15) is 32.5 Å². The highest BCUT2D eigenvalue weighted by Crippen LogP contribution is 2.24. The molecule has 1 aliphatic heterocycles. The quantitative estimate of drug-likeness (QED) is 0.762.